The van der Waals surface area contributed by atoms with Crippen LogP contribution in [0.15, 0.2) is 32.4 Å². The summed E-state index contributed by atoms with van der Waals surface area (Å²) in [5, 5.41) is 0.947. The summed E-state index contributed by atoms with van der Waals surface area (Å²) in [5.41, 5.74) is 1.17. The lowest BCUT2D eigenvalue weighted by Crippen LogP contribution is -1.82. The largest absolute Gasteiger partial charge is 0.248 e. The van der Waals surface area contributed by atoms with E-state index in [4.69, 9.17) is 0 Å². The van der Waals surface area contributed by atoms with E-state index in [9.17, 15) is 0 Å². The standard InChI is InChI=1S/C8H6BrN3S2/c1-5-2-7(10-3-6(5)9)13-8-11-4-12-14-8/h2-4H,1H3. The molecule has 0 spiro atoms. The Kier molecular flexibility index (Phi) is 3.15. The third-order valence-electron chi connectivity index (χ3n) is 1.55. The van der Waals surface area contributed by atoms with Crippen LogP contribution in [-0.2, 0) is 0 Å². The van der Waals surface area contributed by atoms with E-state index in [1.165, 1.54) is 28.9 Å². The van der Waals surface area contributed by atoms with E-state index in [1.807, 2.05) is 13.0 Å². The molecule has 2 aromatic rings. The van der Waals surface area contributed by atoms with Gasteiger partial charge in [0.15, 0.2) is 4.34 Å². The molecule has 0 unspecified atom stereocenters. The molecule has 0 saturated heterocycles. The van der Waals surface area contributed by atoms with Crippen LogP contribution in [0.3, 0.4) is 0 Å². The minimum absolute atomic E-state index is 0.916. The van der Waals surface area contributed by atoms with Gasteiger partial charge in [-0.3, -0.25) is 0 Å². The van der Waals surface area contributed by atoms with Gasteiger partial charge in [0.05, 0.1) is 0 Å². The average molecular weight is 288 g/mol. The Hall–Kier alpha value is -0.460. The first kappa shape index (κ1) is 10.1. The summed E-state index contributed by atoms with van der Waals surface area (Å²) >= 11 is 6.32. The molecular weight excluding hydrogens is 282 g/mol. The molecule has 2 aromatic heterocycles. The van der Waals surface area contributed by atoms with Gasteiger partial charge in [0.1, 0.15) is 11.4 Å². The van der Waals surface area contributed by atoms with Crippen molar-refractivity contribution in [3.05, 3.63) is 28.6 Å². The van der Waals surface area contributed by atoms with E-state index in [-0.39, 0.29) is 0 Å². The summed E-state index contributed by atoms with van der Waals surface area (Å²) in [5.74, 6) is 0. The van der Waals surface area contributed by atoms with Crippen molar-refractivity contribution in [1.29, 1.82) is 0 Å². The van der Waals surface area contributed by atoms with Crippen molar-refractivity contribution < 1.29 is 0 Å². The number of halogens is 1. The van der Waals surface area contributed by atoms with Crippen molar-refractivity contribution in [2.24, 2.45) is 0 Å². The molecule has 0 aromatic carbocycles. The molecule has 0 aliphatic rings. The van der Waals surface area contributed by atoms with Crippen LogP contribution in [-0.4, -0.2) is 14.3 Å². The third kappa shape index (κ3) is 2.31. The fourth-order valence-electron chi connectivity index (χ4n) is 0.867. The van der Waals surface area contributed by atoms with E-state index >= 15 is 0 Å². The van der Waals surface area contributed by atoms with Gasteiger partial charge < -0.3 is 0 Å². The van der Waals surface area contributed by atoms with Crippen LogP contribution in [0.1, 0.15) is 5.56 Å². The normalized spacial score (nSPS) is 10.4. The molecule has 0 N–H and O–H groups in total. The molecular formula is C8H6BrN3S2. The smallest absolute Gasteiger partial charge is 0.175 e. The van der Waals surface area contributed by atoms with Crippen molar-refractivity contribution in [3.63, 3.8) is 0 Å². The quantitative estimate of drug-likeness (QED) is 0.851. The molecule has 0 fully saturated rings. The number of hydrogen-bond acceptors (Lipinski definition) is 5. The second kappa shape index (κ2) is 4.37. The van der Waals surface area contributed by atoms with Gasteiger partial charge in [0.2, 0.25) is 0 Å². The van der Waals surface area contributed by atoms with Gasteiger partial charge in [-0.15, -0.1) is 0 Å². The zero-order valence-electron chi connectivity index (χ0n) is 7.27. The minimum Gasteiger partial charge on any atom is -0.248 e. The average Bonchev–Trinajstić information content (AvgIpc) is 2.64. The van der Waals surface area contributed by atoms with Gasteiger partial charge in [-0.05, 0) is 57.8 Å². The fraction of sp³-hybridized carbons (Fsp3) is 0.125. The van der Waals surface area contributed by atoms with Gasteiger partial charge in [-0.25, -0.2) is 9.97 Å². The van der Waals surface area contributed by atoms with Crippen molar-refractivity contribution in [2.75, 3.05) is 0 Å². The number of aromatic nitrogens is 3. The topological polar surface area (TPSA) is 38.7 Å². The van der Waals surface area contributed by atoms with Crippen LogP contribution < -0.4 is 0 Å². The summed E-state index contributed by atoms with van der Waals surface area (Å²) in [7, 11) is 0. The maximum absolute atomic E-state index is 4.27. The molecule has 0 radical (unpaired) electrons. The maximum atomic E-state index is 4.27. The van der Waals surface area contributed by atoms with Crippen LogP contribution in [0.25, 0.3) is 0 Å². The molecule has 0 atom stereocenters. The highest BCUT2D eigenvalue weighted by atomic mass is 79.9. The first-order valence-corrected chi connectivity index (χ1v) is 6.20. The summed E-state index contributed by atoms with van der Waals surface area (Å²) in [6, 6.07) is 2.02. The first-order chi connectivity index (χ1) is 6.75. The number of rotatable bonds is 2. The van der Waals surface area contributed by atoms with E-state index in [0.29, 0.717) is 0 Å². The Bertz CT molecular complexity index is 430. The highest BCUT2D eigenvalue weighted by molar-refractivity contribution is 9.10. The van der Waals surface area contributed by atoms with Gasteiger partial charge >= 0.3 is 0 Å². The van der Waals surface area contributed by atoms with Crippen molar-refractivity contribution >= 4 is 39.2 Å². The highest BCUT2D eigenvalue weighted by Crippen LogP contribution is 2.28. The SMILES string of the molecule is Cc1cc(Sc2ncns2)ncc1Br. The first-order valence-electron chi connectivity index (χ1n) is 3.82. The van der Waals surface area contributed by atoms with Gasteiger partial charge in [0.25, 0.3) is 0 Å². The lowest BCUT2D eigenvalue weighted by Gasteiger charge is -1.99. The second-order valence-electron chi connectivity index (χ2n) is 2.58. The number of hydrogen-bond donors (Lipinski definition) is 0. The predicted octanol–water partition coefficient (Wildman–Crippen LogP) is 3.16. The van der Waals surface area contributed by atoms with Crippen LogP contribution in [0.5, 0.6) is 0 Å². The maximum Gasteiger partial charge on any atom is 0.175 e. The number of nitrogens with zero attached hydrogens (tertiary/aromatic N) is 3. The molecule has 14 heavy (non-hydrogen) atoms. The molecule has 0 saturated carbocycles. The third-order valence-corrected chi connectivity index (χ3v) is 4.03. The summed E-state index contributed by atoms with van der Waals surface area (Å²) in [6.07, 6.45) is 3.36. The van der Waals surface area contributed by atoms with Gasteiger partial charge in [-0.2, -0.15) is 4.37 Å². The molecule has 0 aliphatic heterocycles. The van der Waals surface area contributed by atoms with Crippen LogP contribution in [0, 0.1) is 6.92 Å². The Balaban J connectivity index is 2.22. The predicted molar refractivity (Wildman–Crippen MR) is 60.7 cm³/mol. The molecule has 3 nitrogen and oxygen atoms in total. The van der Waals surface area contributed by atoms with E-state index < -0.39 is 0 Å². The lowest BCUT2D eigenvalue weighted by atomic mass is 10.3. The van der Waals surface area contributed by atoms with Crippen LogP contribution >= 0.6 is 39.2 Å². The molecule has 0 bridgehead atoms. The summed E-state index contributed by atoms with van der Waals surface area (Å²) < 4.78 is 5.87. The molecule has 0 aliphatic carbocycles. The monoisotopic (exact) mass is 287 g/mol. The molecule has 0 amide bonds. The Morgan fingerprint density at radius 1 is 1.43 bits per heavy atom. The van der Waals surface area contributed by atoms with Crippen molar-refractivity contribution in [3.8, 4) is 0 Å². The number of aryl methyl sites for hydroxylation is 1. The molecule has 72 valence electrons. The lowest BCUT2D eigenvalue weighted by molar-refractivity contribution is 1.09. The van der Waals surface area contributed by atoms with E-state index in [2.05, 4.69) is 30.3 Å². The van der Waals surface area contributed by atoms with Gasteiger partial charge in [0, 0.05) is 10.7 Å². The minimum atomic E-state index is 0.916. The van der Waals surface area contributed by atoms with Crippen LogP contribution in [0.4, 0.5) is 0 Å². The summed E-state index contributed by atoms with van der Waals surface area (Å²) in [4.78, 5) is 8.35. The fourth-order valence-corrected chi connectivity index (χ4v) is 2.52. The summed E-state index contributed by atoms with van der Waals surface area (Å²) in [6.45, 7) is 2.04. The number of pyridine rings is 1. The highest BCUT2D eigenvalue weighted by Gasteiger charge is 2.03. The van der Waals surface area contributed by atoms with E-state index in [0.717, 1.165) is 13.8 Å². The van der Waals surface area contributed by atoms with Crippen molar-refractivity contribution in [1.82, 2.24) is 14.3 Å². The molecule has 2 rings (SSSR count). The molecule has 2 heterocycles. The Morgan fingerprint density at radius 3 is 2.93 bits per heavy atom. The van der Waals surface area contributed by atoms with Crippen LogP contribution in [0.2, 0.25) is 0 Å². The second-order valence-corrected chi connectivity index (χ2v) is 5.48. The zero-order valence-corrected chi connectivity index (χ0v) is 10.5. The van der Waals surface area contributed by atoms with Crippen molar-refractivity contribution in [2.45, 2.75) is 16.3 Å². The molecule has 6 heteroatoms. The Morgan fingerprint density at radius 2 is 2.29 bits per heavy atom. The zero-order chi connectivity index (χ0) is 9.97. The Labute approximate surface area is 98.3 Å². The van der Waals surface area contributed by atoms with Gasteiger partial charge in [-0.1, -0.05) is 0 Å². The van der Waals surface area contributed by atoms with E-state index in [1.54, 1.807) is 12.5 Å².